The number of rotatable bonds is 8. The molecule has 0 atom stereocenters. The van der Waals surface area contributed by atoms with Gasteiger partial charge in [0.2, 0.25) is 0 Å². The molecule has 2 aromatic rings. The molecule has 28 heavy (non-hydrogen) atoms. The van der Waals surface area contributed by atoms with E-state index in [-0.39, 0.29) is 41.3 Å². The molecule has 0 aliphatic rings. The summed E-state index contributed by atoms with van der Waals surface area (Å²) >= 11 is 11.9. The number of alkyl halides is 2. The number of ether oxygens (including phenoxy) is 1. The van der Waals surface area contributed by atoms with Gasteiger partial charge in [0.1, 0.15) is 5.75 Å². The molecule has 0 spiro atoms. The molecule has 1 heterocycles. The van der Waals surface area contributed by atoms with Gasteiger partial charge in [-0.15, -0.1) is 24.0 Å². The van der Waals surface area contributed by atoms with Crippen LogP contribution in [0.2, 0.25) is 10.0 Å². The zero-order valence-electron chi connectivity index (χ0n) is 15.4. The van der Waals surface area contributed by atoms with Gasteiger partial charge in [0.05, 0.1) is 11.2 Å². The molecule has 0 unspecified atom stereocenters. The normalized spacial score (nSPS) is 11.3. The second-order valence-electron chi connectivity index (χ2n) is 5.74. The molecule has 1 aromatic carbocycles. The van der Waals surface area contributed by atoms with Gasteiger partial charge in [-0.25, -0.2) is 0 Å². The lowest BCUT2D eigenvalue weighted by molar-refractivity contribution is -0.0504. The molecule has 0 amide bonds. The smallest absolute Gasteiger partial charge is 0.387 e. The lowest BCUT2D eigenvalue weighted by Gasteiger charge is -2.16. The highest BCUT2D eigenvalue weighted by Gasteiger charge is 2.15. The van der Waals surface area contributed by atoms with Crippen molar-refractivity contribution >= 4 is 53.1 Å². The minimum atomic E-state index is -2.98. The van der Waals surface area contributed by atoms with Crippen LogP contribution in [0.15, 0.2) is 29.5 Å². The molecular formula is C17H22Cl2F2IN5O. The molecule has 0 saturated carbocycles. The molecule has 0 aliphatic heterocycles. The number of hydrogen-bond donors (Lipinski definition) is 2. The van der Waals surface area contributed by atoms with Crippen molar-refractivity contribution in [3.05, 3.63) is 45.7 Å². The number of guanidine groups is 1. The van der Waals surface area contributed by atoms with E-state index in [1.165, 1.54) is 12.1 Å². The molecule has 2 rings (SSSR count). The van der Waals surface area contributed by atoms with Crippen LogP contribution in [0.5, 0.6) is 5.75 Å². The highest BCUT2D eigenvalue weighted by atomic mass is 127. The first-order chi connectivity index (χ1) is 12.9. The van der Waals surface area contributed by atoms with Crippen molar-refractivity contribution in [1.29, 1.82) is 0 Å². The Morgan fingerprint density at radius 3 is 2.68 bits per heavy atom. The van der Waals surface area contributed by atoms with Crippen LogP contribution in [0.1, 0.15) is 17.5 Å². The first-order valence-corrected chi connectivity index (χ1v) is 9.01. The number of nitrogens with zero attached hydrogens (tertiary/aromatic N) is 3. The van der Waals surface area contributed by atoms with Gasteiger partial charge in [0.25, 0.3) is 0 Å². The van der Waals surface area contributed by atoms with Crippen molar-refractivity contribution in [3.8, 4) is 5.75 Å². The lowest BCUT2D eigenvalue weighted by Crippen LogP contribution is -2.37. The predicted octanol–water partition coefficient (Wildman–Crippen LogP) is 4.47. The zero-order valence-corrected chi connectivity index (χ0v) is 19.2. The van der Waals surface area contributed by atoms with Gasteiger partial charge >= 0.3 is 6.61 Å². The van der Waals surface area contributed by atoms with E-state index in [4.69, 9.17) is 23.2 Å². The molecule has 156 valence electrons. The highest BCUT2D eigenvalue weighted by molar-refractivity contribution is 14.0. The third-order valence-electron chi connectivity index (χ3n) is 3.58. The van der Waals surface area contributed by atoms with Crippen molar-refractivity contribution in [2.45, 2.75) is 33.0 Å². The second-order valence-corrected chi connectivity index (χ2v) is 6.58. The standard InChI is InChI=1S/C17H21Cl2F2N5O.HI/c1-11-8-25-26(10-11)5-3-4-23-17(22-2)24-9-12-6-13(18)7-14(19)15(12)27-16(20)21;/h6-8,10,16H,3-5,9H2,1-2H3,(H2,22,23,24);1H. The maximum atomic E-state index is 12.6. The van der Waals surface area contributed by atoms with Gasteiger partial charge < -0.3 is 15.4 Å². The van der Waals surface area contributed by atoms with Crippen molar-refractivity contribution in [3.63, 3.8) is 0 Å². The summed E-state index contributed by atoms with van der Waals surface area (Å²) in [6.45, 7) is 0.608. The van der Waals surface area contributed by atoms with E-state index in [2.05, 4.69) is 25.5 Å². The minimum Gasteiger partial charge on any atom is -0.433 e. The molecule has 0 aliphatic carbocycles. The van der Waals surface area contributed by atoms with Crippen LogP contribution in [-0.2, 0) is 13.1 Å². The van der Waals surface area contributed by atoms with E-state index >= 15 is 0 Å². The van der Waals surface area contributed by atoms with Crippen LogP contribution in [-0.4, -0.2) is 35.9 Å². The Morgan fingerprint density at radius 1 is 1.32 bits per heavy atom. The fourth-order valence-electron chi connectivity index (χ4n) is 2.40. The third-order valence-corrected chi connectivity index (χ3v) is 4.08. The molecule has 0 fully saturated rings. The zero-order chi connectivity index (χ0) is 19.8. The highest BCUT2D eigenvalue weighted by Crippen LogP contribution is 2.33. The van der Waals surface area contributed by atoms with Crippen LogP contribution in [0.4, 0.5) is 8.78 Å². The maximum absolute atomic E-state index is 12.6. The Labute approximate surface area is 189 Å². The van der Waals surface area contributed by atoms with Crippen molar-refractivity contribution in [2.75, 3.05) is 13.6 Å². The number of hydrogen-bond acceptors (Lipinski definition) is 3. The fourth-order valence-corrected chi connectivity index (χ4v) is 2.98. The summed E-state index contributed by atoms with van der Waals surface area (Å²) in [5.41, 5.74) is 1.52. The predicted molar refractivity (Wildman–Crippen MR) is 118 cm³/mol. The Bertz CT molecular complexity index is 789. The summed E-state index contributed by atoms with van der Waals surface area (Å²) in [4.78, 5) is 4.10. The SMILES string of the molecule is CN=C(NCCCn1cc(C)cn1)NCc1cc(Cl)cc(Cl)c1OC(F)F.I. The van der Waals surface area contributed by atoms with Crippen LogP contribution < -0.4 is 15.4 Å². The maximum Gasteiger partial charge on any atom is 0.387 e. The first kappa shape index (κ1) is 24.7. The molecule has 11 heteroatoms. The number of benzene rings is 1. The Hall–Kier alpha value is -1.33. The molecule has 1 aromatic heterocycles. The topological polar surface area (TPSA) is 63.5 Å². The van der Waals surface area contributed by atoms with Crippen LogP contribution >= 0.6 is 47.2 Å². The van der Waals surface area contributed by atoms with E-state index in [0.29, 0.717) is 23.1 Å². The fraction of sp³-hybridized carbons (Fsp3) is 0.412. The average Bonchev–Trinajstić information content (AvgIpc) is 3.02. The quantitative estimate of drug-likeness (QED) is 0.221. The number of nitrogens with one attached hydrogen (secondary N) is 2. The van der Waals surface area contributed by atoms with Gasteiger partial charge in [-0.1, -0.05) is 23.2 Å². The molecule has 0 radical (unpaired) electrons. The van der Waals surface area contributed by atoms with E-state index < -0.39 is 6.61 Å². The van der Waals surface area contributed by atoms with E-state index in [9.17, 15) is 8.78 Å². The first-order valence-electron chi connectivity index (χ1n) is 8.25. The van der Waals surface area contributed by atoms with Crippen molar-refractivity contribution in [1.82, 2.24) is 20.4 Å². The molecule has 0 bridgehead atoms. The number of halogens is 5. The Balaban J connectivity index is 0.00000392. The van der Waals surface area contributed by atoms with Gasteiger partial charge in [-0.3, -0.25) is 9.67 Å². The number of aliphatic imine (C=N–C) groups is 1. The van der Waals surface area contributed by atoms with E-state index in [1.54, 1.807) is 7.05 Å². The second kappa shape index (κ2) is 12.3. The third kappa shape index (κ3) is 7.96. The summed E-state index contributed by atoms with van der Waals surface area (Å²) in [7, 11) is 1.62. The Kier molecular flexibility index (Phi) is 10.8. The largest absolute Gasteiger partial charge is 0.433 e. The summed E-state index contributed by atoms with van der Waals surface area (Å²) in [5, 5.41) is 10.8. The lowest BCUT2D eigenvalue weighted by atomic mass is 10.2. The van der Waals surface area contributed by atoms with Crippen LogP contribution in [0.25, 0.3) is 0 Å². The van der Waals surface area contributed by atoms with E-state index in [0.717, 1.165) is 18.5 Å². The van der Waals surface area contributed by atoms with Gasteiger partial charge in [-0.2, -0.15) is 13.9 Å². The molecular weight excluding hydrogens is 526 g/mol. The molecule has 0 saturated heterocycles. The summed E-state index contributed by atoms with van der Waals surface area (Å²) < 4.78 is 31.6. The Morgan fingerprint density at radius 2 is 2.07 bits per heavy atom. The van der Waals surface area contributed by atoms with Crippen molar-refractivity contribution < 1.29 is 13.5 Å². The monoisotopic (exact) mass is 547 g/mol. The van der Waals surface area contributed by atoms with Gasteiger partial charge in [-0.05, 0) is 31.0 Å². The van der Waals surface area contributed by atoms with Gasteiger partial charge in [0, 0.05) is 43.5 Å². The van der Waals surface area contributed by atoms with Crippen LogP contribution in [0.3, 0.4) is 0 Å². The molecule has 2 N–H and O–H groups in total. The number of aromatic nitrogens is 2. The number of aryl methyl sites for hydroxylation is 2. The van der Waals surface area contributed by atoms with Crippen LogP contribution in [0, 0.1) is 6.92 Å². The van der Waals surface area contributed by atoms with Crippen molar-refractivity contribution in [2.24, 2.45) is 4.99 Å². The minimum absolute atomic E-state index is 0. The van der Waals surface area contributed by atoms with E-state index in [1.807, 2.05) is 24.0 Å². The summed E-state index contributed by atoms with van der Waals surface area (Å²) in [6.07, 6.45) is 4.62. The average molecular weight is 548 g/mol. The summed E-state index contributed by atoms with van der Waals surface area (Å²) in [5.74, 6) is 0.416. The van der Waals surface area contributed by atoms with Gasteiger partial charge in [0.15, 0.2) is 5.96 Å². The summed E-state index contributed by atoms with van der Waals surface area (Å²) in [6, 6.07) is 2.87. The molecule has 6 nitrogen and oxygen atoms in total.